The number of hydrogen-bond acceptors (Lipinski definition) is 7. The molecule has 2 aliphatic heterocycles. The zero-order valence-electron chi connectivity index (χ0n) is 18.8. The predicted octanol–water partition coefficient (Wildman–Crippen LogP) is 2.06. The van der Waals surface area contributed by atoms with Crippen molar-refractivity contribution in [3.8, 4) is 0 Å². The van der Waals surface area contributed by atoms with E-state index in [2.05, 4.69) is 15.6 Å². The summed E-state index contributed by atoms with van der Waals surface area (Å²) in [6, 6.07) is 20.0. The van der Waals surface area contributed by atoms with Gasteiger partial charge in [-0.2, -0.15) is 0 Å². The van der Waals surface area contributed by atoms with Gasteiger partial charge in [0, 0.05) is 24.2 Å². The number of carbonyl (C=O) groups is 2. The van der Waals surface area contributed by atoms with Crippen molar-refractivity contribution in [1.29, 1.82) is 0 Å². The highest BCUT2D eigenvalue weighted by Crippen LogP contribution is 2.24. The van der Waals surface area contributed by atoms with Gasteiger partial charge in [0.25, 0.3) is 11.8 Å². The van der Waals surface area contributed by atoms with E-state index in [1.165, 1.54) is 6.07 Å². The fraction of sp³-hybridized carbons (Fsp3) is 0.240. The quantitative estimate of drug-likeness (QED) is 0.562. The first kappa shape index (κ1) is 23.0. The van der Waals surface area contributed by atoms with Gasteiger partial charge in [-0.3, -0.25) is 14.5 Å². The van der Waals surface area contributed by atoms with Crippen molar-refractivity contribution in [3.63, 3.8) is 0 Å². The number of benzodiazepines with no additional fused rings is 1. The first-order valence-electron chi connectivity index (χ1n) is 11.2. The molecule has 10 heteroatoms. The number of rotatable bonds is 5. The Kier molecular flexibility index (Phi) is 6.23. The lowest BCUT2D eigenvalue weighted by molar-refractivity contribution is -0.117. The fourth-order valence-electron chi connectivity index (χ4n) is 4.09. The predicted molar refractivity (Wildman–Crippen MR) is 131 cm³/mol. The number of amides is 2. The minimum absolute atomic E-state index is 0.0515. The first-order valence-corrected chi connectivity index (χ1v) is 13.1. The molecule has 3 aromatic rings. The molecule has 1 atom stereocenters. The number of nitrogens with zero attached hydrogens (tertiary/aromatic N) is 2. The van der Waals surface area contributed by atoms with Crippen molar-refractivity contribution in [2.45, 2.75) is 12.7 Å². The molecular formula is C25H24N4O5S. The molecule has 2 amide bonds. The number of sulfone groups is 1. The third kappa shape index (κ3) is 5.18. The molecule has 1 fully saturated rings. The van der Waals surface area contributed by atoms with Gasteiger partial charge < -0.3 is 15.1 Å². The number of nitrogens with one attached hydrogen (secondary N) is 2. The SMILES string of the molecule is O=C(NC1N=C(c2ccccc2)c2ccccc2NC1=O)c1ccc(CN2CCS(=O)(=O)CC2)o1. The smallest absolute Gasteiger partial charge is 0.289 e. The lowest BCUT2D eigenvalue weighted by atomic mass is 10.0. The van der Waals surface area contributed by atoms with Crippen LogP contribution in [0.2, 0.25) is 0 Å². The summed E-state index contributed by atoms with van der Waals surface area (Å²) in [5.74, 6) is -0.210. The van der Waals surface area contributed by atoms with Crippen LogP contribution >= 0.6 is 0 Å². The molecule has 1 unspecified atom stereocenters. The van der Waals surface area contributed by atoms with Crippen molar-refractivity contribution in [1.82, 2.24) is 10.2 Å². The summed E-state index contributed by atoms with van der Waals surface area (Å²) in [4.78, 5) is 32.4. The summed E-state index contributed by atoms with van der Waals surface area (Å²) in [6.07, 6.45) is -1.16. The second kappa shape index (κ2) is 9.47. The number of para-hydroxylation sites is 1. The third-order valence-electron chi connectivity index (χ3n) is 5.96. The highest BCUT2D eigenvalue weighted by atomic mass is 32.2. The van der Waals surface area contributed by atoms with E-state index in [1.807, 2.05) is 53.4 Å². The van der Waals surface area contributed by atoms with E-state index >= 15 is 0 Å². The molecule has 2 aliphatic rings. The highest BCUT2D eigenvalue weighted by Gasteiger charge is 2.28. The molecule has 0 radical (unpaired) electrons. The van der Waals surface area contributed by atoms with Gasteiger partial charge >= 0.3 is 0 Å². The van der Waals surface area contributed by atoms with Crippen LogP contribution in [0.3, 0.4) is 0 Å². The second-order valence-corrected chi connectivity index (χ2v) is 10.8. The number of furan rings is 1. The van der Waals surface area contributed by atoms with Crippen LogP contribution in [0.25, 0.3) is 0 Å². The minimum Gasteiger partial charge on any atom is -0.455 e. The van der Waals surface area contributed by atoms with Crippen molar-refractivity contribution in [3.05, 3.63) is 89.4 Å². The van der Waals surface area contributed by atoms with Gasteiger partial charge in [-0.05, 0) is 18.2 Å². The molecule has 180 valence electrons. The Morgan fingerprint density at radius 3 is 2.51 bits per heavy atom. The minimum atomic E-state index is -2.97. The molecule has 2 N–H and O–H groups in total. The largest absolute Gasteiger partial charge is 0.455 e. The third-order valence-corrected chi connectivity index (χ3v) is 7.57. The number of aliphatic imine (C=N–C) groups is 1. The highest BCUT2D eigenvalue weighted by molar-refractivity contribution is 7.91. The Bertz CT molecular complexity index is 1380. The maximum Gasteiger partial charge on any atom is 0.289 e. The molecule has 1 aromatic heterocycles. The number of hydrogen-bond donors (Lipinski definition) is 2. The standard InChI is InChI=1S/C25H24N4O5S/c30-24(21-11-10-18(34-21)16-29-12-14-35(32,33)15-13-29)28-23-25(31)26-20-9-5-4-8-19(20)22(27-23)17-6-2-1-3-7-17/h1-11,23H,12-16H2,(H,26,31)(H,28,30). The van der Waals surface area contributed by atoms with Crippen molar-refractivity contribution >= 4 is 33.1 Å². The molecule has 0 spiro atoms. The van der Waals surface area contributed by atoms with Crippen LogP contribution < -0.4 is 10.6 Å². The van der Waals surface area contributed by atoms with Gasteiger partial charge in [0.1, 0.15) is 5.76 Å². The van der Waals surface area contributed by atoms with Gasteiger partial charge in [-0.25, -0.2) is 13.4 Å². The lowest BCUT2D eigenvalue weighted by Gasteiger charge is -2.25. The first-order chi connectivity index (χ1) is 16.9. The molecule has 0 aliphatic carbocycles. The maximum absolute atomic E-state index is 12.9. The van der Waals surface area contributed by atoms with E-state index in [0.29, 0.717) is 36.8 Å². The Balaban J connectivity index is 1.34. The number of carbonyl (C=O) groups excluding carboxylic acids is 2. The van der Waals surface area contributed by atoms with E-state index in [-0.39, 0.29) is 17.3 Å². The molecule has 1 saturated heterocycles. The number of anilines is 1. The zero-order chi connectivity index (χ0) is 24.4. The van der Waals surface area contributed by atoms with E-state index in [1.54, 1.807) is 12.1 Å². The van der Waals surface area contributed by atoms with Crippen molar-refractivity contribution in [2.75, 3.05) is 29.9 Å². The van der Waals surface area contributed by atoms with Crippen LogP contribution in [0.4, 0.5) is 5.69 Å². The summed E-state index contributed by atoms with van der Waals surface area (Å²) in [5.41, 5.74) is 2.78. The fourth-order valence-corrected chi connectivity index (χ4v) is 5.37. The van der Waals surface area contributed by atoms with Gasteiger partial charge in [0.15, 0.2) is 15.6 Å². The monoisotopic (exact) mass is 492 g/mol. The normalized spacial score (nSPS) is 19.7. The van der Waals surface area contributed by atoms with E-state index in [9.17, 15) is 18.0 Å². The van der Waals surface area contributed by atoms with Crippen LogP contribution in [0.5, 0.6) is 0 Å². The second-order valence-electron chi connectivity index (χ2n) is 8.45. The molecule has 0 bridgehead atoms. The van der Waals surface area contributed by atoms with Crippen LogP contribution in [-0.2, 0) is 21.2 Å². The molecule has 2 aromatic carbocycles. The Labute approximate surface area is 202 Å². The van der Waals surface area contributed by atoms with E-state index in [0.717, 1.165) is 11.1 Å². The van der Waals surface area contributed by atoms with Gasteiger partial charge in [-0.15, -0.1) is 0 Å². The van der Waals surface area contributed by atoms with Gasteiger partial charge in [0.05, 0.1) is 29.4 Å². The van der Waals surface area contributed by atoms with Gasteiger partial charge in [0.2, 0.25) is 6.17 Å². The summed E-state index contributed by atoms with van der Waals surface area (Å²) in [6.45, 7) is 1.24. The van der Waals surface area contributed by atoms with Crippen LogP contribution in [0.1, 0.15) is 27.4 Å². The Morgan fingerprint density at radius 1 is 1.03 bits per heavy atom. The Morgan fingerprint density at radius 2 is 1.74 bits per heavy atom. The summed E-state index contributed by atoms with van der Waals surface area (Å²) < 4.78 is 28.9. The van der Waals surface area contributed by atoms with Crippen LogP contribution in [0, 0.1) is 0 Å². The number of fused-ring (bicyclic) bond motifs is 1. The van der Waals surface area contributed by atoms with Crippen LogP contribution in [0.15, 0.2) is 76.1 Å². The summed E-state index contributed by atoms with van der Waals surface area (Å²) >= 11 is 0. The molecule has 0 saturated carbocycles. The Hall–Kier alpha value is -3.76. The molecule has 9 nitrogen and oxygen atoms in total. The zero-order valence-corrected chi connectivity index (χ0v) is 19.6. The average molecular weight is 493 g/mol. The molecule has 3 heterocycles. The molecule has 5 rings (SSSR count). The van der Waals surface area contributed by atoms with Crippen molar-refractivity contribution < 1.29 is 22.4 Å². The van der Waals surface area contributed by atoms with Crippen LogP contribution in [-0.4, -0.2) is 61.6 Å². The van der Waals surface area contributed by atoms with Gasteiger partial charge in [-0.1, -0.05) is 48.5 Å². The number of benzene rings is 2. The average Bonchev–Trinajstić information content (AvgIpc) is 3.27. The topological polar surface area (TPSA) is 121 Å². The van der Waals surface area contributed by atoms with Crippen molar-refractivity contribution in [2.24, 2.45) is 4.99 Å². The lowest BCUT2D eigenvalue weighted by Crippen LogP contribution is -2.42. The summed E-state index contributed by atoms with van der Waals surface area (Å²) in [7, 11) is -2.97. The maximum atomic E-state index is 12.9. The van der Waals surface area contributed by atoms with E-state index < -0.39 is 27.8 Å². The molecule has 35 heavy (non-hydrogen) atoms. The molecular weight excluding hydrogens is 468 g/mol. The van der Waals surface area contributed by atoms with E-state index in [4.69, 9.17) is 4.42 Å². The summed E-state index contributed by atoms with van der Waals surface area (Å²) in [5, 5.41) is 5.50.